The Balaban J connectivity index is 1.84. The van der Waals surface area contributed by atoms with Crippen molar-refractivity contribution >= 4 is 17.5 Å². The standard InChI is InChI=1S/C17H15ClF2N4O3/c1-9(2)24(17(25)14-13(15(19)20)21-8-26-14)7-12-22-23-16(27-12)10-5-3-4-6-11(10)18/h3-6,8-9,15H,7H2,1-2H3. The van der Waals surface area contributed by atoms with Gasteiger partial charge >= 0.3 is 0 Å². The van der Waals surface area contributed by atoms with E-state index in [2.05, 4.69) is 15.2 Å². The fourth-order valence-electron chi connectivity index (χ4n) is 2.40. The molecule has 3 aromatic rings. The minimum absolute atomic E-state index is 0.0860. The minimum atomic E-state index is -2.92. The van der Waals surface area contributed by atoms with Crippen molar-refractivity contribution in [1.29, 1.82) is 0 Å². The Kier molecular flexibility index (Phi) is 5.50. The van der Waals surface area contributed by atoms with Crippen LogP contribution in [0.5, 0.6) is 0 Å². The van der Waals surface area contributed by atoms with Gasteiger partial charge in [0, 0.05) is 6.04 Å². The summed E-state index contributed by atoms with van der Waals surface area (Å²) in [5.41, 5.74) is -0.150. The lowest BCUT2D eigenvalue weighted by Crippen LogP contribution is -2.36. The summed E-state index contributed by atoms with van der Waals surface area (Å²) in [4.78, 5) is 17.3. The summed E-state index contributed by atoms with van der Waals surface area (Å²) in [6.45, 7) is 3.36. The molecule has 2 heterocycles. The Morgan fingerprint density at radius 3 is 2.67 bits per heavy atom. The Labute approximate surface area is 158 Å². The van der Waals surface area contributed by atoms with Gasteiger partial charge in [-0.15, -0.1) is 10.2 Å². The van der Waals surface area contributed by atoms with Crippen molar-refractivity contribution in [2.75, 3.05) is 0 Å². The highest BCUT2D eigenvalue weighted by molar-refractivity contribution is 6.33. The molecular weight excluding hydrogens is 382 g/mol. The quantitative estimate of drug-likeness (QED) is 0.615. The lowest BCUT2D eigenvalue weighted by atomic mass is 10.2. The van der Waals surface area contributed by atoms with Crippen molar-refractivity contribution in [3.05, 3.63) is 53.0 Å². The van der Waals surface area contributed by atoms with E-state index in [9.17, 15) is 13.6 Å². The third-order valence-electron chi connectivity index (χ3n) is 3.76. The van der Waals surface area contributed by atoms with Crippen LogP contribution in [0.3, 0.4) is 0 Å². The zero-order chi connectivity index (χ0) is 19.6. The molecule has 0 aliphatic rings. The monoisotopic (exact) mass is 396 g/mol. The number of oxazole rings is 1. The number of amides is 1. The summed E-state index contributed by atoms with van der Waals surface area (Å²) in [7, 11) is 0. The van der Waals surface area contributed by atoms with Gasteiger partial charge in [-0.1, -0.05) is 23.7 Å². The molecule has 27 heavy (non-hydrogen) atoms. The summed E-state index contributed by atoms with van der Waals surface area (Å²) in [6.07, 6.45) is -2.11. The number of aromatic nitrogens is 3. The number of carbonyl (C=O) groups is 1. The van der Waals surface area contributed by atoms with Crippen LogP contribution in [0, 0.1) is 0 Å². The van der Waals surface area contributed by atoms with Crippen LogP contribution in [0.15, 0.2) is 39.5 Å². The van der Waals surface area contributed by atoms with Crippen LogP contribution in [0.2, 0.25) is 5.02 Å². The molecule has 0 radical (unpaired) electrons. The second-order valence-electron chi connectivity index (χ2n) is 5.88. The maximum Gasteiger partial charge on any atom is 0.292 e. The lowest BCUT2D eigenvalue weighted by molar-refractivity contribution is 0.0624. The molecule has 142 valence electrons. The predicted octanol–water partition coefficient (Wildman–Crippen LogP) is 4.37. The van der Waals surface area contributed by atoms with Crippen LogP contribution >= 0.6 is 11.6 Å². The zero-order valence-corrected chi connectivity index (χ0v) is 15.2. The Hall–Kier alpha value is -2.81. The number of halogens is 3. The van der Waals surface area contributed by atoms with Crippen molar-refractivity contribution in [3.63, 3.8) is 0 Å². The van der Waals surface area contributed by atoms with Crippen LogP contribution < -0.4 is 0 Å². The first-order chi connectivity index (χ1) is 12.9. The van der Waals surface area contributed by atoms with Crippen molar-refractivity contribution in [1.82, 2.24) is 20.1 Å². The van der Waals surface area contributed by atoms with Crippen LogP contribution in [0.4, 0.5) is 8.78 Å². The number of rotatable bonds is 6. The van der Waals surface area contributed by atoms with E-state index < -0.39 is 23.8 Å². The molecule has 0 unspecified atom stereocenters. The van der Waals surface area contributed by atoms with E-state index in [0.717, 1.165) is 6.39 Å². The molecule has 0 aliphatic carbocycles. The topological polar surface area (TPSA) is 85.3 Å². The van der Waals surface area contributed by atoms with Crippen LogP contribution in [-0.2, 0) is 6.54 Å². The summed E-state index contributed by atoms with van der Waals surface area (Å²) in [5, 5.41) is 8.28. The van der Waals surface area contributed by atoms with Gasteiger partial charge in [-0.05, 0) is 26.0 Å². The van der Waals surface area contributed by atoms with Gasteiger partial charge < -0.3 is 13.7 Å². The predicted molar refractivity (Wildman–Crippen MR) is 91.2 cm³/mol. The maximum absolute atomic E-state index is 13.0. The molecule has 0 fully saturated rings. The molecule has 7 nitrogen and oxygen atoms in total. The Morgan fingerprint density at radius 2 is 2.00 bits per heavy atom. The summed E-state index contributed by atoms with van der Waals surface area (Å²) in [6, 6.07) is 6.59. The Morgan fingerprint density at radius 1 is 1.26 bits per heavy atom. The van der Waals surface area contributed by atoms with E-state index in [-0.39, 0.29) is 24.4 Å². The van der Waals surface area contributed by atoms with Crippen molar-refractivity contribution in [3.8, 4) is 11.5 Å². The number of benzene rings is 1. The summed E-state index contributed by atoms with van der Waals surface area (Å²) >= 11 is 6.11. The highest BCUT2D eigenvalue weighted by atomic mass is 35.5. The van der Waals surface area contributed by atoms with Crippen molar-refractivity contribution in [2.45, 2.75) is 32.9 Å². The second-order valence-corrected chi connectivity index (χ2v) is 6.28. The first kappa shape index (κ1) is 19.0. The molecule has 10 heteroatoms. The molecular formula is C17H15ClF2N4O3. The van der Waals surface area contributed by atoms with E-state index in [1.54, 1.807) is 38.1 Å². The third-order valence-corrected chi connectivity index (χ3v) is 4.09. The molecule has 0 N–H and O–H groups in total. The zero-order valence-electron chi connectivity index (χ0n) is 14.4. The van der Waals surface area contributed by atoms with Gasteiger partial charge in [0.1, 0.15) is 0 Å². The van der Waals surface area contributed by atoms with Gasteiger partial charge in [-0.2, -0.15) is 0 Å². The fraction of sp³-hybridized carbons (Fsp3) is 0.294. The van der Waals surface area contributed by atoms with Crippen molar-refractivity contribution < 1.29 is 22.4 Å². The molecule has 0 aliphatic heterocycles. The molecule has 0 saturated heterocycles. The van der Waals surface area contributed by atoms with E-state index in [1.807, 2.05) is 0 Å². The van der Waals surface area contributed by atoms with E-state index >= 15 is 0 Å². The Bertz CT molecular complexity index is 942. The highest BCUT2D eigenvalue weighted by Gasteiger charge is 2.30. The minimum Gasteiger partial charge on any atom is -0.438 e. The van der Waals surface area contributed by atoms with Gasteiger partial charge in [0.25, 0.3) is 12.3 Å². The van der Waals surface area contributed by atoms with E-state index in [4.69, 9.17) is 20.4 Å². The van der Waals surface area contributed by atoms with E-state index in [0.29, 0.717) is 10.6 Å². The summed E-state index contributed by atoms with van der Waals surface area (Å²) in [5.74, 6) is -0.926. The number of alkyl halides is 2. The SMILES string of the molecule is CC(C)N(Cc1nnc(-c2ccccc2Cl)o1)C(=O)c1ocnc1C(F)F. The van der Waals surface area contributed by atoms with Gasteiger partial charge in [0.2, 0.25) is 17.5 Å². The number of hydrogen-bond acceptors (Lipinski definition) is 6. The van der Waals surface area contributed by atoms with Gasteiger partial charge in [0.05, 0.1) is 17.1 Å². The average molecular weight is 397 g/mol. The lowest BCUT2D eigenvalue weighted by Gasteiger charge is -2.24. The molecule has 3 rings (SSSR count). The fourth-order valence-corrected chi connectivity index (χ4v) is 2.61. The average Bonchev–Trinajstić information content (AvgIpc) is 3.29. The van der Waals surface area contributed by atoms with Crippen LogP contribution in [-0.4, -0.2) is 32.0 Å². The van der Waals surface area contributed by atoms with Crippen LogP contribution in [0.25, 0.3) is 11.5 Å². The number of hydrogen-bond donors (Lipinski definition) is 0. The van der Waals surface area contributed by atoms with Gasteiger partial charge in [0.15, 0.2) is 12.1 Å². The molecule has 0 spiro atoms. The molecule has 1 aromatic carbocycles. The summed E-state index contributed by atoms with van der Waals surface area (Å²) < 4.78 is 36.5. The van der Waals surface area contributed by atoms with Gasteiger partial charge in [-0.3, -0.25) is 4.79 Å². The third kappa shape index (κ3) is 3.97. The first-order valence-electron chi connectivity index (χ1n) is 7.98. The highest BCUT2D eigenvalue weighted by Crippen LogP contribution is 2.27. The van der Waals surface area contributed by atoms with Gasteiger partial charge in [-0.25, -0.2) is 13.8 Å². The maximum atomic E-state index is 13.0. The molecule has 0 saturated carbocycles. The van der Waals surface area contributed by atoms with Crippen LogP contribution in [0.1, 0.15) is 42.4 Å². The second kappa shape index (κ2) is 7.83. The smallest absolute Gasteiger partial charge is 0.292 e. The normalized spacial score (nSPS) is 11.4. The van der Waals surface area contributed by atoms with E-state index in [1.165, 1.54) is 4.90 Å². The van der Waals surface area contributed by atoms with Crippen molar-refractivity contribution in [2.24, 2.45) is 0 Å². The first-order valence-corrected chi connectivity index (χ1v) is 8.36. The molecule has 0 atom stereocenters. The largest absolute Gasteiger partial charge is 0.438 e. The molecule has 0 bridgehead atoms. The number of carbonyl (C=O) groups excluding carboxylic acids is 1. The molecule has 1 amide bonds. The number of nitrogens with zero attached hydrogens (tertiary/aromatic N) is 4. The molecule has 2 aromatic heterocycles.